The number of alkyl halides is 2. The molecule has 5 nitrogen and oxygen atoms in total. The number of tetrazole rings is 1. The molecule has 0 radical (unpaired) electrons. The van der Waals surface area contributed by atoms with Crippen molar-refractivity contribution in [1.29, 1.82) is 0 Å². The highest BCUT2D eigenvalue weighted by molar-refractivity contribution is 5.53. The predicted molar refractivity (Wildman–Crippen MR) is 69.4 cm³/mol. The minimum atomic E-state index is -2.43. The van der Waals surface area contributed by atoms with E-state index in [9.17, 15) is 8.78 Å². The van der Waals surface area contributed by atoms with Crippen molar-refractivity contribution in [1.82, 2.24) is 20.4 Å². The third-order valence-electron chi connectivity index (χ3n) is 4.45. The molecule has 0 amide bonds. The van der Waals surface area contributed by atoms with Gasteiger partial charge in [0.05, 0.1) is 0 Å². The Balaban J connectivity index is 1.40. The molecule has 1 heterocycles. The first kappa shape index (κ1) is 12.7. The van der Waals surface area contributed by atoms with E-state index in [1.807, 2.05) is 30.3 Å². The van der Waals surface area contributed by atoms with Crippen LogP contribution in [0.15, 0.2) is 30.3 Å². The second kappa shape index (κ2) is 4.47. The lowest BCUT2D eigenvalue weighted by Gasteiger charge is -2.14. The summed E-state index contributed by atoms with van der Waals surface area (Å²) in [5.74, 6) is -2.63. The van der Waals surface area contributed by atoms with E-state index in [1.165, 1.54) is 4.85 Å². The van der Waals surface area contributed by atoms with E-state index in [1.54, 1.807) is 0 Å². The van der Waals surface area contributed by atoms with Crippen LogP contribution in [0.25, 0.3) is 11.4 Å². The van der Waals surface area contributed by atoms with Crippen molar-refractivity contribution in [2.24, 2.45) is 17.8 Å². The van der Waals surface area contributed by atoms with Gasteiger partial charge in [0.1, 0.15) is 6.61 Å². The van der Waals surface area contributed by atoms with Gasteiger partial charge in [0.15, 0.2) is 0 Å². The van der Waals surface area contributed by atoms with Crippen molar-refractivity contribution in [2.75, 3.05) is 6.61 Å². The first-order chi connectivity index (χ1) is 10.2. The Morgan fingerprint density at radius 2 is 1.90 bits per heavy atom. The molecule has 2 aliphatic carbocycles. The Morgan fingerprint density at radius 3 is 2.62 bits per heavy atom. The lowest BCUT2D eigenvalue weighted by Crippen LogP contribution is -2.22. The average Bonchev–Trinajstić information content (AvgIpc) is 2.95. The van der Waals surface area contributed by atoms with Crippen molar-refractivity contribution in [3.8, 4) is 11.4 Å². The van der Waals surface area contributed by atoms with Gasteiger partial charge in [-0.15, -0.1) is 5.10 Å². The highest BCUT2D eigenvalue weighted by Crippen LogP contribution is 2.65. The largest absolute Gasteiger partial charge is 0.393 e. The van der Waals surface area contributed by atoms with Crippen LogP contribution in [0.1, 0.15) is 12.8 Å². The fourth-order valence-electron chi connectivity index (χ4n) is 3.25. The lowest BCUT2D eigenvalue weighted by atomic mass is 10.0. The fourth-order valence-corrected chi connectivity index (χ4v) is 3.25. The Bertz CT molecular complexity index is 631. The van der Waals surface area contributed by atoms with Crippen LogP contribution >= 0.6 is 0 Å². The summed E-state index contributed by atoms with van der Waals surface area (Å²) in [6.45, 7) is 0.369. The van der Waals surface area contributed by atoms with E-state index in [0.29, 0.717) is 25.3 Å². The summed E-state index contributed by atoms with van der Waals surface area (Å²) < 4.78 is 26.3. The molecule has 0 bridgehead atoms. The summed E-state index contributed by atoms with van der Waals surface area (Å²) in [5, 5.41) is 11.3. The van der Waals surface area contributed by atoms with E-state index >= 15 is 0 Å². The zero-order chi connectivity index (χ0) is 14.4. The second-order valence-electron chi connectivity index (χ2n) is 5.76. The van der Waals surface area contributed by atoms with Crippen LogP contribution < -0.4 is 4.84 Å². The number of fused-ring (bicyclic) bond motifs is 1. The Morgan fingerprint density at radius 1 is 1.19 bits per heavy atom. The van der Waals surface area contributed by atoms with Crippen molar-refractivity contribution in [2.45, 2.75) is 18.8 Å². The molecule has 110 valence electrons. The SMILES string of the molecule is FC1(F)C2CC(COn3nnnc3-c3ccccc3)CC21. The summed E-state index contributed by atoms with van der Waals surface area (Å²) in [7, 11) is 0. The molecule has 2 aliphatic rings. The smallest absolute Gasteiger partial charge is 0.254 e. The van der Waals surface area contributed by atoms with Gasteiger partial charge in [-0.1, -0.05) is 35.2 Å². The van der Waals surface area contributed by atoms with Crippen LogP contribution in [0.3, 0.4) is 0 Å². The minimum Gasteiger partial charge on any atom is -0.393 e. The molecule has 4 rings (SSSR count). The minimum absolute atomic E-state index is 0.160. The third kappa shape index (κ3) is 2.07. The molecule has 0 aliphatic heterocycles. The van der Waals surface area contributed by atoms with Crippen molar-refractivity contribution in [3.63, 3.8) is 0 Å². The molecule has 2 saturated carbocycles. The molecular weight excluding hydrogens is 278 g/mol. The molecule has 0 spiro atoms. The monoisotopic (exact) mass is 292 g/mol. The maximum Gasteiger partial charge on any atom is 0.254 e. The summed E-state index contributed by atoms with van der Waals surface area (Å²) >= 11 is 0. The van der Waals surface area contributed by atoms with Crippen LogP contribution in [-0.2, 0) is 0 Å². The number of halogens is 2. The Kier molecular flexibility index (Phi) is 2.70. The molecule has 2 atom stereocenters. The van der Waals surface area contributed by atoms with Crippen LogP contribution in [-0.4, -0.2) is 32.9 Å². The lowest BCUT2D eigenvalue weighted by molar-refractivity contribution is 0.0261. The van der Waals surface area contributed by atoms with Gasteiger partial charge in [0, 0.05) is 17.4 Å². The van der Waals surface area contributed by atoms with Gasteiger partial charge >= 0.3 is 0 Å². The molecule has 2 fully saturated rings. The second-order valence-corrected chi connectivity index (χ2v) is 5.76. The van der Waals surface area contributed by atoms with Gasteiger partial charge in [0.2, 0.25) is 5.82 Å². The van der Waals surface area contributed by atoms with Gasteiger partial charge < -0.3 is 4.84 Å². The van der Waals surface area contributed by atoms with E-state index < -0.39 is 17.8 Å². The molecule has 0 N–H and O–H groups in total. The summed E-state index contributed by atoms with van der Waals surface area (Å²) in [4.78, 5) is 6.86. The number of rotatable bonds is 4. The summed E-state index contributed by atoms with van der Waals surface area (Å²) in [6, 6.07) is 9.46. The number of nitrogens with zero attached hydrogens (tertiary/aromatic N) is 4. The fraction of sp³-hybridized carbons (Fsp3) is 0.500. The van der Waals surface area contributed by atoms with E-state index in [2.05, 4.69) is 15.5 Å². The predicted octanol–water partition coefficient (Wildman–Crippen LogP) is 2.06. The van der Waals surface area contributed by atoms with E-state index in [0.717, 1.165) is 5.56 Å². The Hall–Kier alpha value is -2.05. The van der Waals surface area contributed by atoms with Gasteiger partial charge in [-0.2, -0.15) is 0 Å². The first-order valence-corrected chi connectivity index (χ1v) is 7.01. The molecule has 7 heteroatoms. The molecule has 2 aromatic rings. The molecule has 21 heavy (non-hydrogen) atoms. The van der Waals surface area contributed by atoms with Crippen LogP contribution in [0.4, 0.5) is 8.78 Å². The molecule has 1 aromatic carbocycles. The normalized spacial score (nSPS) is 29.1. The average molecular weight is 292 g/mol. The highest BCUT2D eigenvalue weighted by atomic mass is 19.3. The van der Waals surface area contributed by atoms with Gasteiger partial charge in [-0.25, -0.2) is 8.78 Å². The van der Waals surface area contributed by atoms with Gasteiger partial charge in [-0.05, 0) is 29.2 Å². The number of hydrogen-bond donors (Lipinski definition) is 0. The van der Waals surface area contributed by atoms with Gasteiger partial charge in [-0.3, -0.25) is 0 Å². The third-order valence-corrected chi connectivity index (χ3v) is 4.45. The summed E-state index contributed by atoms with van der Waals surface area (Å²) in [6.07, 6.45) is 1.06. The van der Waals surface area contributed by atoms with Crippen molar-refractivity contribution >= 4 is 0 Å². The summed E-state index contributed by atoms with van der Waals surface area (Å²) in [5.41, 5.74) is 0.850. The van der Waals surface area contributed by atoms with Crippen molar-refractivity contribution in [3.05, 3.63) is 30.3 Å². The number of hydrogen-bond acceptors (Lipinski definition) is 4. The van der Waals surface area contributed by atoms with E-state index in [4.69, 9.17) is 4.84 Å². The maximum absolute atomic E-state index is 13.1. The zero-order valence-electron chi connectivity index (χ0n) is 11.2. The standard InChI is InChI=1S/C14H14F2N4O/c15-14(16)11-6-9(7-12(11)14)8-21-20-13(17-18-19-20)10-4-2-1-3-5-10/h1-5,9,11-12H,6-8H2. The Labute approximate surface area is 119 Å². The van der Waals surface area contributed by atoms with Gasteiger partial charge in [0.25, 0.3) is 5.92 Å². The van der Waals surface area contributed by atoms with Crippen LogP contribution in [0.5, 0.6) is 0 Å². The zero-order valence-corrected chi connectivity index (χ0v) is 11.2. The van der Waals surface area contributed by atoms with Crippen LogP contribution in [0.2, 0.25) is 0 Å². The molecule has 0 saturated heterocycles. The topological polar surface area (TPSA) is 52.8 Å². The number of aromatic nitrogens is 4. The van der Waals surface area contributed by atoms with E-state index in [-0.39, 0.29) is 5.92 Å². The number of benzene rings is 1. The quantitative estimate of drug-likeness (QED) is 0.865. The first-order valence-electron chi connectivity index (χ1n) is 7.01. The molecule has 1 aromatic heterocycles. The van der Waals surface area contributed by atoms with Crippen LogP contribution in [0, 0.1) is 17.8 Å². The maximum atomic E-state index is 13.1. The molecular formula is C14H14F2N4O. The highest BCUT2D eigenvalue weighted by Gasteiger charge is 2.71. The molecule has 2 unspecified atom stereocenters. The van der Waals surface area contributed by atoms with Crippen molar-refractivity contribution < 1.29 is 13.6 Å².